The predicted octanol–water partition coefficient (Wildman–Crippen LogP) is 3.94. The molecule has 1 heterocycles. The van der Waals surface area contributed by atoms with E-state index in [-0.39, 0.29) is 6.10 Å². The third kappa shape index (κ3) is 7.47. The van der Waals surface area contributed by atoms with Crippen LogP contribution < -0.4 is 10.6 Å². The molecule has 30 heavy (non-hydrogen) atoms. The van der Waals surface area contributed by atoms with E-state index in [0.29, 0.717) is 12.6 Å². The molecular formula is C25H36N4O. The Kier molecular flexibility index (Phi) is 8.72. The van der Waals surface area contributed by atoms with Crippen LogP contribution >= 0.6 is 0 Å². The SMILES string of the molecule is CN=C(NCc1cccc(COC(C)C)c1)NC1CCN(Cc2ccccc2)CC1. The number of guanidine groups is 1. The summed E-state index contributed by atoms with van der Waals surface area (Å²) in [6, 6.07) is 19.7. The summed E-state index contributed by atoms with van der Waals surface area (Å²) < 4.78 is 5.72. The van der Waals surface area contributed by atoms with Crippen LogP contribution in [0.15, 0.2) is 59.6 Å². The molecule has 0 aliphatic carbocycles. The topological polar surface area (TPSA) is 48.9 Å². The summed E-state index contributed by atoms with van der Waals surface area (Å²) >= 11 is 0. The summed E-state index contributed by atoms with van der Waals surface area (Å²) in [6.45, 7) is 8.79. The van der Waals surface area contributed by atoms with Crippen molar-refractivity contribution in [3.8, 4) is 0 Å². The van der Waals surface area contributed by atoms with Gasteiger partial charge < -0.3 is 15.4 Å². The van der Waals surface area contributed by atoms with Crippen molar-refractivity contribution in [1.29, 1.82) is 0 Å². The quantitative estimate of drug-likeness (QED) is 0.513. The molecule has 0 amide bonds. The Bertz CT molecular complexity index is 783. The maximum Gasteiger partial charge on any atom is 0.191 e. The molecule has 5 heteroatoms. The molecular weight excluding hydrogens is 372 g/mol. The van der Waals surface area contributed by atoms with Gasteiger partial charge in [-0.2, -0.15) is 0 Å². The molecule has 0 aromatic heterocycles. The molecule has 1 saturated heterocycles. The lowest BCUT2D eigenvalue weighted by Crippen LogP contribution is -2.48. The summed E-state index contributed by atoms with van der Waals surface area (Å²) in [5, 5.41) is 7.06. The zero-order chi connectivity index (χ0) is 21.2. The fourth-order valence-corrected chi connectivity index (χ4v) is 3.74. The third-order valence-electron chi connectivity index (χ3n) is 5.44. The Morgan fingerprint density at radius 1 is 1.03 bits per heavy atom. The number of ether oxygens (including phenoxy) is 1. The van der Waals surface area contributed by atoms with Crippen molar-refractivity contribution in [1.82, 2.24) is 15.5 Å². The van der Waals surface area contributed by atoms with Gasteiger partial charge >= 0.3 is 0 Å². The van der Waals surface area contributed by atoms with Gasteiger partial charge in [0.15, 0.2) is 5.96 Å². The normalized spacial score (nSPS) is 16.1. The molecule has 0 bridgehead atoms. The smallest absolute Gasteiger partial charge is 0.191 e. The second kappa shape index (κ2) is 11.7. The van der Waals surface area contributed by atoms with E-state index in [2.05, 4.69) is 89.0 Å². The summed E-state index contributed by atoms with van der Waals surface area (Å²) in [4.78, 5) is 6.96. The predicted molar refractivity (Wildman–Crippen MR) is 124 cm³/mol. The first-order valence-electron chi connectivity index (χ1n) is 11.1. The Morgan fingerprint density at radius 2 is 1.73 bits per heavy atom. The van der Waals surface area contributed by atoms with Crippen LogP contribution in [-0.2, 0) is 24.4 Å². The average Bonchev–Trinajstić information content (AvgIpc) is 2.77. The molecule has 2 aromatic rings. The van der Waals surface area contributed by atoms with E-state index in [1.165, 1.54) is 16.7 Å². The Balaban J connectivity index is 1.41. The van der Waals surface area contributed by atoms with E-state index >= 15 is 0 Å². The van der Waals surface area contributed by atoms with E-state index in [0.717, 1.165) is 45.0 Å². The molecule has 162 valence electrons. The van der Waals surface area contributed by atoms with Crippen molar-refractivity contribution < 1.29 is 4.74 Å². The Hall–Kier alpha value is -2.37. The number of nitrogens with zero attached hydrogens (tertiary/aromatic N) is 2. The van der Waals surface area contributed by atoms with Crippen molar-refractivity contribution in [2.75, 3.05) is 20.1 Å². The molecule has 3 rings (SSSR count). The van der Waals surface area contributed by atoms with Crippen molar-refractivity contribution in [3.63, 3.8) is 0 Å². The fourth-order valence-electron chi connectivity index (χ4n) is 3.74. The average molecular weight is 409 g/mol. The first-order chi connectivity index (χ1) is 14.6. The van der Waals surface area contributed by atoms with Crippen LogP contribution in [0.2, 0.25) is 0 Å². The Labute approximate surface area is 181 Å². The van der Waals surface area contributed by atoms with Crippen molar-refractivity contribution in [2.24, 2.45) is 4.99 Å². The molecule has 1 fully saturated rings. The molecule has 1 aliphatic heterocycles. The van der Waals surface area contributed by atoms with Gasteiger partial charge in [-0.1, -0.05) is 54.6 Å². The van der Waals surface area contributed by atoms with Crippen molar-refractivity contribution >= 4 is 5.96 Å². The van der Waals surface area contributed by atoms with E-state index in [1.807, 2.05) is 7.05 Å². The lowest BCUT2D eigenvalue weighted by atomic mass is 10.0. The number of likely N-dealkylation sites (tertiary alicyclic amines) is 1. The van der Waals surface area contributed by atoms with Gasteiger partial charge in [-0.05, 0) is 43.4 Å². The molecule has 5 nitrogen and oxygen atoms in total. The first-order valence-corrected chi connectivity index (χ1v) is 11.1. The number of aliphatic imine (C=N–C) groups is 1. The number of benzene rings is 2. The largest absolute Gasteiger partial charge is 0.374 e. The van der Waals surface area contributed by atoms with Crippen LogP contribution in [0.25, 0.3) is 0 Å². The molecule has 2 N–H and O–H groups in total. The number of nitrogens with one attached hydrogen (secondary N) is 2. The van der Waals surface area contributed by atoms with Crippen LogP contribution in [0.5, 0.6) is 0 Å². The van der Waals surface area contributed by atoms with Crippen LogP contribution in [0, 0.1) is 0 Å². The minimum absolute atomic E-state index is 0.244. The van der Waals surface area contributed by atoms with Gasteiger partial charge in [-0.15, -0.1) is 0 Å². The summed E-state index contributed by atoms with van der Waals surface area (Å²) in [6.07, 6.45) is 2.51. The molecule has 2 aromatic carbocycles. The van der Waals surface area contributed by atoms with Crippen LogP contribution in [-0.4, -0.2) is 43.1 Å². The molecule has 0 radical (unpaired) electrons. The molecule has 1 aliphatic rings. The highest BCUT2D eigenvalue weighted by molar-refractivity contribution is 5.79. The maximum absolute atomic E-state index is 5.72. The zero-order valence-electron chi connectivity index (χ0n) is 18.6. The van der Waals surface area contributed by atoms with Gasteiger partial charge in [-0.3, -0.25) is 9.89 Å². The van der Waals surface area contributed by atoms with Gasteiger partial charge in [0.1, 0.15) is 0 Å². The molecule has 0 saturated carbocycles. The zero-order valence-corrected chi connectivity index (χ0v) is 18.6. The van der Waals surface area contributed by atoms with Crippen LogP contribution in [0.3, 0.4) is 0 Å². The van der Waals surface area contributed by atoms with Crippen molar-refractivity contribution in [3.05, 3.63) is 71.3 Å². The molecule has 0 atom stereocenters. The van der Waals surface area contributed by atoms with Crippen LogP contribution in [0.4, 0.5) is 0 Å². The van der Waals surface area contributed by atoms with Gasteiger partial charge in [0.2, 0.25) is 0 Å². The van der Waals surface area contributed by atoms with Gasteiger partial charge in [0, 0.05) is 39.3 Å². The van der Waals surface area contributed by atoms with E-state index in [9.17, 15) is 0 Å². The number of hydrogen-bond donors (Lipinski definition) is 2. The highest BCUT2D eigenvalue weighted by Crippen LogP contribution is 2.14. The number of rotatable bonds is 8. The monoisotopic (exact) mass is 408 g/mol. The lowest BCUT2D eigenvalue weighted by molar-refractivity contribution is 0.0657. The van der Waals surface area contributed by atoms with Gasteiger partial charge in [0.25, 0.3) is 0 Å². The second-order valence-electron chi connectivity index (χ2n) is 8.29. The minimum atomic E-state index is 0.244. The van der Waals surface area contributed by atoms with Crippen LogP contribution in [0.1, 0.15) is 43.4 Å². The Morgan fingerprint density at radius 3 is 2.43 bits per heavy atom. The minimum Gasteiger partial charge on any atom is -0.374 e. The lowest BCUT2D eigenvalue weighted by Gasteiger charge is -2.33. The van der Waals surface area contributed by atoms with E-state index < -0.39 is 0 Å². The molecule has 0 spiro atoms. The number of piperidine rings is 1. The fraction of sp³-hybridized carbons (Fsp3) is 0.480. The van der Waals surface area contributed by atoms with E-state index in [4.69, 9.17) is 4.74 Å². The molecule has 0 unspecified atom stereocenters. The third-order valence-corrected chi connectivity index (χ3v) is 5.44. The highest BCUT2D eigenvalue weighted by atomic mass is 16.5. The van der Waals surface area contributed by atoms with Gasteiger partial charge in [-0.25, -0.2) is 0 Å². The number of hydrogen-bond acceptors (Lipinski definition) is 3. The second-order valence-corrected chi connectivity index (χ2v) is 8.29. The highest BCUT2D eigenvalue weighted by Gasteiger charge is 2.20. The maximum atomic E-state index is 5.72. The van der Waals surface area contributed by atoms with E-state index in [1.54, 1.807) is 0 Å². The summed E-state index contributed by atoms with van der Waals surface area (Å²) in [5.41, 5.74) is 3.83. The standard InChI is InChI=1S/C25H36N4O/c1-20(2)30-19-23-11-7-10-22(16-23)17-27-25(26-3)28-24-12-14-29(15-13-24)18-21-8-5-4-6-9-21/h4-11,16,20,24H,12-15,17-19H2,1-3H3,(H2,26,27,28). The van der Waals surface area contributed by atoms with Gasteiger partial charge in [0.05, 0.1) is 12.7 Å². The van der Waals surface area contributed by atoms with Crippen molar-refractivity contribution in [2.45, 2.75) is 58.5 Å². The summed E-state index contributed by atoms with van der Waals surface area (Å²) in [5.74, 6) is 0.875. The summed E-state index contributed by atoms with van der Waals surface area (Å²) in [7, 11) is 1.84. The first kappa shape index (κ1) is 22.3.